The second-order valence-electron chi connectivity index (χ2n) is 4.44. The standard InChI is InChI=1S/C11H20N4S/c1-3-15-9(5-7-13-15)10(14-12)11(2)6-4-8-16-11/h5,7,10,14H,3-4,6,8,12H2,1-2H3. The monoisotopic (exact) mass is 240 g/mol. The molecule has 2 rings (SSSR count). The first-order valence-corrected chi connectivity index (χ1v) is 6.81. The third kappa shape index (κ3) is 1.99. The lowest BCUT2D eigenvalue weighted by Gasteiger charge is -2.33. The minimum Gasteiger partial charge on any atom is -0.271 e. The third-order valence-electron chi connectivity index (χ3n) is 3.37. The summed E-state index contributed by atoms with van der Waals surface area (Å²) < 4.78 is 2.22. The number of hydrazine groups is 1. The molecule has 16 heavy (non-hydrogen) atoms. The molecule has 0 bridgehead atoms. The Bertz CT molecular complexity index is 344. The van der Waals surface area contributed by atoms with Crippen LogP contribution in [-0.4, -0.2) is 20.3 Å². The van der Waals surface area contributed by atoms with Crippen LogP contribution >= 0.6 is 11.8 Å². The van der Waals surface area contributed by atoms with E-state index in [-0.39, 0.29) is 10.8 Å². The van der Waals surface area contributed by atoms with Gasteiger partial charge in [0.15, 0.2) is 0 Å². The maximum atomic E-state index is 5.75. The van der Waals surface area contributed by atoms with E-state index in [0.29, 0.717) is 0 Å². The van der Waals surface area contributed by atoms with Crippen molar-refractivity contribution >= 4 is 11.8 Å². The fourth-order valence-corrected chi connectivity index (χ4v) is 3.85. The van der Waals surface area contributed by atoms with Crippen molar-refractivity contribution in [2.75, 3.05) is 5.75 Å². The van der Waals surface area contributed by atoms with Gasteiger partial charge in [-0.3, -0.25) is 16.0 Å². The molecule has 0 saturated carbocycles. The maximum Gasteiger partial charge on any atom is 0.0772 e. The lowest BCUT2D eigenvalue weighted by atomic mass is 9.94. The number of nitrogens with two attached hydrogens (primary N) is 1. The van der Waals surface area contributed by atoms with Crippen LogP contribution in [0.3, 0.4) is 0 Å². The normalized spacial score (nSPS) is 27.2. The number of hydrogen-bond donors (Lipinski definition) is 2. The van der Waals surface area contributed by atoms with Gasteiger partial charge in [0.1, 0.15) is 0 Å². The molecule has 1 fully saturated rings. The van der Waals surface area contributed by atoms with Crippen molar-refractivity contribution in [1.82, 2.24) is 15.2 Å². The largest absolute Gasteiger partial charge is 0.271 e. The number of nitrogens with one attached hydrogen (secondary N) is 1. The van der Waals surface area contributed by atoms with Crippen LogP contribution in [0.1, 0.15) is 38.4 Å². The van der Waals surface area contributed by atoms with E-state index in [2.05, 4.69) is 30.4 Å². The molecule has 1 saturated heterocycles. The summed E-state index contributed by atoms with van der Waals surface area (Å²) in [6.07, 6.45) is 4.34. The minimum atomic E-state index is 0.183. The number of thioether (sulfide) groups is 1. The smallest absolute Gasteiger partial charge is 0.0772 e. The summed E-state index contributed by atoms with van der Waals surface area (Å²) >= 11 is 2.01. The number of nitrogens with zero attached hydrogens (tertiary/aromatic N) is 2. The van der Waals surface area contributed by atoms with Gasteiger partial charge in [-0.15, -0.1) is 0 Å². The number of aromatic nitrogens is 2. The molecule has 90 valence electrons. The molecule has 5 heteroatoms. The number of aryl methyl sites for hydroxylation is 1. The maximum absolute atomic E-state index is 5.75. The molecule has 4 nitrogen and oxygen atoms in total. The van der Waals surface area contributed by atoms with E-state index >= 15 is 0 Å². The zero-order chi connectivity index (χ0) is 11.6. The molecule has 2 unspecified atom stereocenters. The SMILES string of the molecule is CCn1nccc1C(NN)C1(C)CCCS1. The van der Waals surface area contributed by atoms with Gasteiger partial charge in [0.2, 0.25) is 0 Å². The van der Waals surface area contributed by atoms with Crippen molar-refractivity contribution in [3.8, 4) is 0 Å². The van der Waals surface area contributed by atoms with Crippen LogP contribution < -0.4 is 11.3 Å². The lowest BCUT2D eigenvalue weighted by Crippen LogP contribution is -2.42. The van der Waals surface area contributed by atoms with Gasteiger partial charge < -0.3 is 0 Å². The summed E-state index contributed by atoms with van der Waals surface area (Å²) in [5.41, 5.74) is 4.18. The van der Waals surface area contributed by atoms with Crippen LogP contribution in [0.25, 0.3) is 0 Å². The Balaban J connectivity index is 2.28. The Labute approximate surface area is 101 Å². The molecule has 1 aliphatic heterocycles. The Morgan fingerprint density at radius 2 is 2.56 bits per heavy atom. The lowest BCUT2D eigenvalue weighted by molar-refractivity contribution is 0.393. The van der Waals surface area contributed by atoms with Crippen LogP contribution in [0.2, 0.25) is 0 Å². The van der Waals surface area contributed by atoms with Crippen molar-refractivity contribution < 1.29 is 0 Å². The van der Waals surface area contributed by atoms with Gasteiger partial charge in [-0.05, 0) is 38.5 Å². The summed E-state index contributed by atoms with van der Waals surface area (Å²) in [6, 6.07) is 2.25. The fourth-order valence-electron chi connectivity index (χ4n) is 2.46. The van der Waals surface area contributed by atoms with Gasteiger partial charge in [-0.2, -0.15) is 16.9 Å². The van der Waals surface area contributed by atoms with E-state index in [1.54, 1.807) is 0 Å². The van der Waals surface area contributed by atoms with Crippen molar-refractivity contribution in [2.24, 2.45) is 5.84 Å². The summed E-state index contributed by atoms with van der Waals surface area (Å²) in [7, 11) is 0. The summed E-state index contributed by atoms with van der Waals surface area (Å²) in [5, 5.41) is 4.32. The highest BCUT2D eigenvalue weighted by Gasteiger charge is 2.39. The molecule has 3 N–H and O–H groups in total. The van der Waals surface area contributed by atoms with Gasteiger partial charge in [0, 0.05) is 17.5 Å². The van der Waals surface area contributed by atoms with Crippen molar-refractivity contribution in [2.45, 2.75) is 44.0 Å². The van der Waals surface area contributed by atoms with Crippen molar-refractivity contribution in [1.29, 1.82) is 0 Å². The number of hydrogen-bond acceptors (Lipinski definition) is 4. The van der Waals surface area contributed by atoms with Gasteiger partial charge in [-0.25, -0.2) is 0 Å². The van der Waals surface area contributed by atoms with E-state index in [1.165, 1.54) is 24.3 Å². The van der Waals surface area contributed by atoms with Crippen LogP contribution in [-0.2, 0) is 6.54 Å². The molecule has 2 heterocycles. The van der Waals surface area contributed by atoms with Gasteiger partial charge in [-0.1, -0.05) is 0 Å². The van der Waals surface area contributed by atoms with Crippen molar-refractivity contribution in [3.63, 3.8) is 0 Å². The molecule has 1 aliphatic rings. The molecule has 1 aromatic rings. The zero-order valence-corrected chi connectivity index (χ0v) is 10.8. The van der Waals surface area contributed by atoms with Gasteiger partial charge in [0.05, 0.1) is 11.7 Å². The summed E-state index contributed by atoms with van der Waals surface area (Å²) in [5.74, 6) is 6.98. The summed E-state index contributed by atoms with van der Waals surface area (Å²) in [6.45, 7) is 5.29. The van der Waals surface area contributed by atoms with Gasteiger partial charge in [0.25, 0.3) is 0 Å². The van der Waals surface area contributed by atoms with Crippen molar-refractivity contribution in [3.05, 3.63) is 18.0 Å². The fraction of sp³-hybridized carbons (Fsp3) is 0.727. The molecule has 2 atom stereocenters. The first-order chi connectivity index (χ1) is 7.71. The van der Waals surface area contributed by atoms with E-state index in [1.807, 2.05) is 22.6 Å². The zero-order valence-electron chi connectivity index (χ0n) is 9.94. The second kappa shape index (κ2) is 4.77. The topological polar surface area (TPSA) is 55.9 Å². The Morgan fingerprint density at radius 3 is 3.12 bits per heavy atom. The molecular formula is C11H20N4S. The van der Waals surface area contributed by atoms with Gasteiger partial charge >= 0.3 is 0 Å². The third-order valence-corrected chi connectivity index (χ3v) is 4.96. The summed E-state index contributed by atoms with van der Waals surface area (Å²) in [4.78, 5) is 0. The molecule has 0 spiro atoms. The van der Waals surface area contributed by atoms with E-state index in [9.17, 15) is 0 Å². The molecule has 0 aromatic carbocycles. The Morgan fingerprint density at radius 1 is 1.75 bits per heavy atom. The van der Waals surface area contributed by atoms with Crippen LogP contribution in [0.15, 0.2) is 12.3 Å². The Kier molecular flexibility index (Phi) is 3.56. The second-order valence-corrected chi connectivity index (χ2v) is 6.07. The average Bonchev–Trinajstić information content (AvgIpc) is 2.89. The quantitative estimate of drug-likeness (QED) is 0.621. The van der Waals surface area contributed by atoms with Crippen LogP contribution in [0.4, 0.5) is 0 Å². The van der Waals surface area contributed by atoms with Crippen LogP contribution in [0, 0.1) is 0 Å². The molecule has 0 amide bonds. The Hall–Kier alpha value is -0.520. The highest BCUT2D eigenvalue weighted by Crippen LogP contribution is 2.46. The minimum absolute atomic E-state index is 0.183. The van der Waals surface area contributed by atoms with E-state index in [4.69, 9.17) is 5.84 Å². The first-order valence-electron chi connectivity index (χ1n) is 5.83. The number of rotatable bonds is 4. The van der Waals surface area contributed by atoms with E-state index in [0.717, 1.165) is 6.54 Å². The molecular weight excluding hydrogens is 220 g/mol. The van der Waals surface area contributed by atoms with Crippen LogP contribution in [0.5, 0.6) is 0 Å². The highest BCUT2D eigenvalue weighted by molar-refractivity contribution is 8.00. The highest BCUT2D eigenvalue weighted by atomic mass is 32.2. The van der Waals surface area contributed by atoms with E-state index < -0.39 is 0 Å². The predicted octanol–water partition coefficient (Wildman–Crippen LogP) is 1.69. The predicted molar refractivity (Wildman–Crippen MR) is 68.1 cm³/mol. The molecule has 0 aliphatic carbocycles. The molecule has 1 aromatic heterocycles. The molecule has 0 radical (unpaired) electrons. The first kappa shape index (κ1) is 12.0. The average molecular weight is 240 g/mol.